The summed E-state index contributed by atoms with van der Waals surface area (Å²) < 4.78 is 7.18. The summed E-state index contributed by atoms with van der Waals surface area (Å²) in [6.45, 7) is 8.68. The molecule has 0 atom stereocenters. The first-order valence-electron chi connectivity index (χ1n) is 7.40. The first-order valence-corrected chi connectivity index (χ1v) is 7.40. The predicted octanol–water partition coefficient (Wildman–Crippen LogP) is 3.37. The minimum absolute atomic E-state index is 0.0655. The predicted molar refractivity (Wildman–Crippen MR) is 87.5 cm³/mol. The molecule has 0 fully saturated rings. The second-order valence-electron chi connectivity index (χ2n) is 6.17. The van der Waals surface area contributed by atoms with Gasteiger partial charge < -0.3 is 10.1 Å². The monoisotopic (exact) mass is 301 g/mol. The van der Waals surface area contributed by atoms with Gasteiger partial charge in [0.1, 0.15) is 11.6 Å². The van der Waals surface area contributed by atoms with E-state index in [9.17, 15) is 4.79 Å². The summed E-state index contributed by atoms with van der Waals surface area (Å²) >= 11 is 0. The molecule has 0 saturated carbocycles. The van der Waals surface area contributed by atoms with Crippen molar-refractivity contribution in [1.29, 1.82) is 0 Å². The SMILES string of the molecule is CCOc1ccccc1C(=O)Nc1cc(C(C)(C)C)nn1C. The molecule has 0 spiro atoms. The smallest absolute Gasteiger partial charge is 0.260 e. The molecule has 0 aliphatic heterocycles. The third-order valence-corrected chi connectivity index (χ3v) is 3.32. The zero-order valence-corrected chi connectivity index (χ0v) is 13.8. The lowest BCUT2D eigenvalue weighted by molar-refractivity contribution is 0.102. The van der Waals surface area contributed by atoms with Crippen molar-refractivity contribution in [3.05, 3.63) is 41.6 Å². The van der Waals surface area contributed by atoms with Gasteiger partial charge in [-0.05, 0) is 19.1 Å². The fourth-order valence-electron chi connectivity index (χ4n) is 2.07. The summed E-state index contributed by atoms with van der Waals surface area (Å²) in [6, 6.07) is 9.12. The van der Waals surface area contributed by atoms with Gasteiger partial charge in [-0.3, -0.25) is 9.48 Å². The van der Waals surface area contributed by atoms with Crippen LogP contribution in [0, 0.1) is 0 Å². The number of anilines is 1. The van der Waals surface area contributed by atoms with Crippen LogP contribution in [0.3, 0.4) is 0 Å². The average molecular weight is 301 g/mol. The molecule has 2 rings (SSSR count). The van der Waals surface area contributed by atoms with E-state index in [1.165, 1.54) is 0 Å². The maximum Gasteiger partial charge on any atom is 0.260 e. The van der Waals surface area contributed by atoms with Gasteiger partial charge in [-0.2, -0.15) is 5.10 Å². The largest absolute Gasteiger partial charge is 0.493 e. The molecule has 1 heterocycles. The standard InChI is InChI=1S/C17H23N3O2/c1-6-22-13-10-8-7-9-12(13)16(21)18-15-11-14(17(2,3)4)19-20(15)5/h7-11H,6H2,1-5H3,(H,18,21). The molecule has 1 amide bonds. The quantitative estimate of drug-likeness (QED) is 0.942. The molecule has 5 nitrogen and oxygen atoms in total. The van der Waals surface area contributed by atoms with Crippen LogP contribution < -0.4 is 10.1 Å². The summed E-state index contributed by atoms with van der Waals surface area (Å²) in [5, 5.41) is 7.36. The number of carbonyl (C=O) groups excluding carboxylic acids is 1. The number of nitrogens with zero attached hydrogens (tertiary/aromatic N) is 2. The lowest BCUT2D eigenvalue weighted by Crippen LogP contribution is -2.15. The number of rotatable bonds is 4. The molecule has 22 heavy (non-hydrogen) atoms. The summed E-state index contributed by atoms with van der Waals surface area (Å²) in [5.41, 5.74) is 1.38. The second kappa shape index (κ2) is 6.22. The first-order chi connectivity index (χ1) is 10.3. The molecule has 0 radical (unpaired) electrons. The van der Waals surface area contributed by atoms with Gasteiger partial charge in [-0.25, -0.2) is 0 Å². The number of carbonyl (C=O) groups is 1. The summed E-state index contributed by atoms with van der Waals surface area (Å²) in [7, 11) is 1.82. The number of nitrogens with one attached hydrogen (secondary N) is 1. The third-order valence-electron chi connectivity index (χ3n) is 3.32. The Morgan fingerprint density at radius 2 is 2.00 bits per heavy atom. The number of aromatic nitrogens is 2. The second-order valence-corrected chi connectivity index (χ2v) is 6.17. The zero-order valence-electron chi connectivity index (χ0n) is 13.8. The van der Waals surface area contributed by atoms with Gasteiger partial charge in [0.2, 0.25) is 0 Å². The molecule has 0 saturated heterocycles. The average Bonchev–Trinajstić information content (AvgIpc) is 2.81. The molecule has 1 N–H and O–H groups in total. The molecular weight excluding hydrogens is 278 g/mol. The van der Waals surface area contributed by atoms with Crippen LogP contribution in [-0.4, -0.2) is 22.3 Å². The van der Waals surface area contributed by atoms with Crippen LogP contribution in [0.5, 0.6) is 5.75 Å². The van der Waals surface area contributed by atoms with E-state index in [0.717, 1.165) is 5.69 Å². The molecule has 5 heteroatoms. The van der Waals surface area contributed by atoms with Gasteiger partial charge in [0.05, 0.1) is 17.9 Å². The number of hydrogen-bond donors (Lipinski definition) is 1. The van der Waals surface area contributed by atoms with Crippen LogP contribution in [0.4, 0.5) is 5.82 Å². The number of ether oxygens (including phenoxy) is 1. The highest BCUT2D eigenvalue weighted by Crippen LogP contribution is 2.24. The molecule has 2 aromatic rings. The van der Waals surface area contributed by atoms with Crippen LogP contribution in [0.1, 0.15) is 43.7 Å². The molecular formula is C17H23N3O2. The summed E-state index contributed by atoms with van der Waals surface area (Å²) in [6.07, 6.45) is 0. The Bertz CT molecular complexity index is 669. The molecule has 1 aromatic carbocycles. The van der Waals surface area contributed by atoms with Crippen LogP contribution >= 0.6 is 0 Å². The van der Waals surface area contributed by atoms with Crippen molar-refractivity contribution in [2.45, 2.75) is 33.1 Å². The number of aryl methyl sites for hydroxylation is 1. The van der Waals surface area contributed by atoms with Crippen LogP contribution in [-0.2, 0) is 12.5 Å². The number of benzene rings is 1. The molecule has 0 aliphatic carbocycles. The lowest BCUT2D eigenvalue weighted by Gasteiger charge is -2.13. The van der Waals surface area contributed by atoms with Crippen molar-refractivity contribution in [3.8, 4) is 5.75 Å². The van der Waals surface area contributed by atoms with Gasteiger partial charge in [0.15, 0.2) is 0 Å². The van der Waals surface area contributed by atoms with Gasteiger partial charge in [0, 0.05) is 18.5 Å². The fourth-order valence-corrected chi connectivity index (χ4v) is 2.07. The van der Waals surface area contributed by atoms with Crippen LogP contribution in [0.15, 0.2) is 30.3 Å². The fraction of sp³-hybridized carbons (Fsp3) is 0.412. The zero-order chi connectivity index (χ0) is 16.3. The van der Waals surface area contributed by atoms with Gasteiger partial charge in [-0.15, -0.1) is 0 Å². The molecule has 0 bridgehead atoms. The Morgan fingerprint density at radius 1 is 1.32 bits per heavy atom. The Hall–Kier alpha value is -2.30. The minimum Gasteiger partial charge on any atom is -0.493 e. The normalized spacial score (nSPS) is 11.3. The van der Waals surface area contributed by atoms with E-state index in [1.54, 1.807) is 16.8 Å². The molecule has 0 aliphatic rings. The van der Waals surface area contributed by atoms with Crippen molar-refractivity contribution in [1.82, 2.24) is 9.78 Å². The number of para-hydroxylation sites is 1. The van der Waals surface area contributed by atoms with Gasteiger partial charge in [0.25, 0.3) is 5.91 Å². The molecule has 1 aromatic heterocycles. The van der Waals surface area contributed by atoms with E-state index < -0.39 is 0 Å². The van der Waals surface area contributed by atoms with Crippen LogP contribution in [0.25, 0.3) is 0 Å². The highest BCUT2D eigenvalue weighted by molar-refractivity contribution is 6.05. The highest BCUT2D eigenvalue weighted by Gasteiger charge is 2.20. The number of amides is 1. The van der Waals surface area contributed by atoms with Crippen molar-refractivity contribution in [3.63, 3.8) is 0 Å². The summed E-state index contributed by atoms with van der Waals surface area (Å²) in [5.74, 6) is 1.05. The van der Waals surface area contributed by atoms with Crippen molar-refractivity contribution < 1.29 is 9.53 Å². The maximum atomic E-state index is 12.5. The Labute approximate surface area is 131 Å². The van der Waals surface area contributed by atoms with Gasteiger partial charge in [-0.1, -0.05) is 32.9 Å². The van der Waals surface area contributed by atoms with E-state index in [0.29, 0.717) is 23.7 Å². The maximum absolute atomic E-state index is 12.5. The highest BCUT2D eigenvalue weighted by atomic mass is 16.5. The minimum atomic E-state index is -0.201. The van der Waals surface area contributed by atoms with E-state index in [2.05, 4.69) is 31.2 Å². The Morgan fingerprint density at radius 3 is 2.59 bits per heavy atom. The number of hydrogen-bond acceptors (Lipinski definition) is 3. The Balaban J connectivity index is 2.25. The third kappa shape index (κ3) is 3.47. The molecule has 118 valence electrons. The van der Waals surface area contributed by atoms with E-state index in [4.69, 9.17) is 4.74 Å². The topological polar surface area (TPSA) is 56.1 Å². The molecule has 0 unspecified atom stereocenters. The Kier molecular flexibility index (Phi) is 4.54. The van der Waals surface area contributed by atoms with E-state index in [-0.39, 0.29) is 11.3 Å². The van der Waals surface area contributed by atoms with Crippen molar-refractivity contribution in [2.75, 3.05) is 11.9 Å². The lowest BCUT2D eigenvalue weighted by atomic mass is 9.92. The van der Waals surface area contributed by atoms with E-state index >= 15 is 0 Å². The van der Waals surface area contributed by atoms with Gasteiger partial charge >= 0.3 is 0 Å². The van der Waals surface area contributed by atoms with Crippen molar-refractivity contribution in [2.24, 2.45) is 7.05 Å². The van der Waals surface area contributed by atoms with E-state index in [1.807, 2.05) is 32.2 Å². The van der Waals surface area contributed by atoms with Crippen LogP contribution in [0.2, 0.25) is 0 Å². The van der Waals surface area contributed by atoms with Crippen molar-refractivity contribution >= 4 is 11.7 Å². The summed E-state index contributed by atoms with van der Waals surface area (Å²) in [4.78, 5) is 12.5. The first kappa shape index (κ1) is 16.1.